The number of hydrogen-bond acceptors (Lipinski definition) is 4. The quantitative estimate of drug-likeness (QED) is 0.754. The lowest BCUT2D eigenvalue weighted by molar-refractivity contribution is -0.122. The van der Waals surface area contributed by atoms with Gasteiger partial charge in [-0.15, -0.1) is 0 Å². The number of carbonyl (C=O) groups is 3. The molecule has 7 heteroatoms. The number of nitrogens with zero attached hydrogens (tertiary/aromatic N) is 1. The van der Waals surface area contributed by atoms with Crippen LogP contribution in [0.1, 0.15) is 30.6 Å². The van der Waals surface area contributed by atoms with Crippen LogP contribution in [0.5, 0.6) is 0 Å². The predicted molar refractivity (Wildman–Crippen MR) is 107 cm³/mol. The highest BCUT2D eigenvalue weighted by molar-refractivity contribution is 6.03. The molecule has 2 aromatic rings. The fourth-order valence-electron chi connectivity index (χ4n) is 3.01. The minimum atomic E-state index is -0.511. The summed E-state index contributed by atoms with van der Waals surface area (Å²) in [4.78, 5) is 38.2. The molecule has 1 saturated heterocycles. The second-order valence-corrected chi connectivity index (χ2v) is 7.44. The molecule has 0 spiro atoms. The Morgan fingerprint density at radius 3 is 2.41 bits per heavy atom. The summed E-state index contributed by atoms with van der Waals surface area (Å²) in [5.74, 6) is -1.51. The van der Waals surface area contributed by atoms with Gasteiger partial charge >= 0.3 is 5.97 Å². The second-order valence-electron chi connectivity index (χ2n) is 7.44. The predicted octanol–water partition coefficient (Wildman–Crippen LogP) is 3.63. The van der Waals surface area contributed by atoms with Crippen molar-refractivity contribution in [3.8, 4) is 0 Å². The van der Waals surface area contributed by atoms with Crippen molar-refractivity contribution in [2.45, 2.75) is 20.3 Å². The van der Waals surface area contributed by atoms with E-state index in [0.717, 1.165) is 0 Å². The third-order valence-corrected chi connectivity index (χ3v) is 4.57. The summed E-state index contributed by atoms with van der Waals surface area (Å²) in [5, 5.41) is 2.77. The Hall–Kier alpha value is -3.22. The zero-order chi connectivity index (χ0) is 21.0. The van der Waals surface area contributed by atoms with E-state index in [-0.39, 0.29) is 36.5 Å². The molecule has 1 fully saturated rings. The number of ether oxygens (including phenoxy) is 1. The fraction of sp³-hybridized carbons (Fsp3) is 0.318. The monoisotopic (exact) mass is 398 g/mol. The lowest BCUT2D eigenvalue weighted by atomic mass is 10.1. The van der Waals surface area contributed by atoms with Crippen molar-refractivity contribution in [2.75, 3.05) is 23.4 Å². The average molecular weight is 398 g/mol. The fourth-order valence-corrected chi connectivity index (χ4v) is 3.01. The first kappa shape index (κ1) is 20.5. The Labute approximate surface area is 168 Å². The van der Waals surface area contributed by atoms with Gasteiger partial charge in [0.05, 0.1) is 18.1 Å². The third kappa shape index (κ3) is 5.19. The van der Waals surface area contributed by atoms with Gasteiger partial charge in [-0.05, 0) is 54.4 Å². The number of anilines is 2. The van der Waals surface area contributed by atoms with Gasteiger partial charge in [0.2, 0.25) is 11.8 Å². The molecule has 1 heterocycles. The Kier molecular flexibility index (Phi) is 6.26. The third-order valence-electron chi connectivity index (χ3n) is 4.57. The molecular formula is C22H23FN2O4. The van der Waals surface area contributed by atoms with Crippen molar-refractivity contribution in [3.63, 3.8) is 0 Å². The summed E-state index contributed by atoms with van der Waals surface area (Å²) in [6.45, 7) is 4.49. The summed E-state index contributed by atoms with van der Waals surface area (Å²) in [7, 11) is 0. The standard InChI is InChI=1S/C22H23FN2O4/c1-14(2)13-29-22(28)15-3-7-18(8-4-15)24-21(27)16-11-20(26)25(12-16)19-9-5-17(23)6-10-19/h3-10,14,16H,11-13H2,1-2H3,(H,24,27)/t16-/m0/s1. The SMILES string of the molecule is CC(C)COC(=O)c1ccc(NC(=O)[C@H]2CC(=O)N(c3ccc(F)cc3)C2)cc1. The van der Waals surface area contributed by atoms with Gasteiger partial charge in [-0.1, -0.05) is 13.8 Å². The molecule has 0 aromatic heterocycles. The highest BCUT2D eigenvalue weighted by Crippen LogP contribution is 2.26. The van der Waals surface area contributed by atoms with Crippen LogP contribution in [0.4, 0.5) is 15.8 Å². The molecule has 3 rings (SSSR count). The van der Waals surface area contributed by atoms with Crippen LogP contribution in [0.2, 0.25) is 0 Å². The van der Waals surface area contributed by atoms with Crippen molar-refractivity contribution in [3.05, 3.63) is 59.9 Å². The second kappa shape index (κ2) is 8.86. The number of halogens is 1. The molecule has 0 radical (unpaired) electrons. The molecule has 1 atom stereocenters. The van der Waals surface area contributed by atoms with E-state index in [1.165, 1.54) is 29.2 Å². The minimum Gasteiger partial charge on any atom is -0.462 e. The van der Waals surface area contributed by atoms with E-state index < -0.39 is 11.9 Å². The van der Waals surface area contributed by atoms with Gasteiger partial charge in [-0.2, -0.15) is 0 Å². The van der Waals surface area contributed by atoms with Crippen molar-refractivity contribution >= 4 is 29.2 Å². The maximum atomic E-state index is 13.1. The van der Waals surface area contributed by atoms with Crippen molar-refractivity contribution in [1.29, 1.82) is 0 Å². The zero-order valence-electron chi connectivity index (χ0n) is 16.4. The molecule has 1 aliphatic heterocycles. The van der Waals surface area contributed by atoms with Gasteiger partial charge in [-0.25, -0.2) is 9.18 Å². The van der Waals surface area contributed by atoms with Crippen molar-refractivity contribution < 1.29 is 23.5 Å². The summed E-state index contributed by atoms with van der Waals surface area (Å²) >= 11 is 0. The van der Waals surface area contributed by atoms with E-state index in [0.29, 0.717) is 23.5 Å². The van der Waals surface area contributed by atoms with Crippen LogP contribution in [-0.2, 0) is 14.3 Å². The topological polar surface area (TPSA) is 75.7 Å². The van der Waals surface area contributed by atoms with Crippen LogP contribution >= 0.6 is 0 Å². The Bertz CT molecular complexity index is 894. The Balaban J connectivity index is 1.58. The number of hydrogen-bond donors (Lipinski definition) is 1. The Morgan fingerprint density at radius 2 is 1.79 bits per heavy atom. The van der Waals surface area contributed by atoms with Crippen LogP contribution in [-0.4, -0.2) is 30.9 Å². The molecule has 0 unspecified atom stereocenters. The number of amides is 2. The highest BCUT2D eigenvalue weighted by Gasteiger charge is 2.35. The van der Waals surface area contributed by atoms with Crippen LogP contribution < -0.4 is 10.2 Å². The van der Waals surface area contributed by atoms with Gasteiger partial charge in [-0.3, -0.25) is 9.59 Å². The van der Waals surface area contributed by atoms with Crippen LogP contribution in [0.3, 0.4) is 0 Å². The van der Waals surface area contributed by atoms with Gasteiger partial charge < -0.3 is 15.0 Å². The minimum absolute atomic E-state index is 0.0861. The first-order valence-corrected chi connectivity index (χ1v) is 9.47. The van der Waals surface area contributed by atoms with E-state index >= 15 is 0 Å². The average Bonchev–Trinajstić information content (AvgIpc) is 3.09. The van der Waals surface area contributed by atoms with E-state index in [4.69, 9.17) is 4.74 Å². The lowest BCUT2D eigenvalue weighted by Crippen LogP contribution is -2.28. The number of carbonyl (C=O) groups excluding carboxylic acids is 3. The smallest absolute Gasteiger partial charge is 0.338 e. The van der Waals surface area contributed by atoms with E-state index in [1.54, 1.807) is 24.3 Å². The molecule has 0 bridgehead atoms. The number of benzene rings is 2. The molecule has 2 amide bonds. The molecule has 2 aromatic carbocycles. The molecule has 1 N–H and O–H groups in total. The van der Waals surface area contributed by atoms with E-state index in [1.807, 2.05) is 13.8 Å². The zero-order valence-corrected chi connectivity index (χ0v) is 16.4. The largest absolute Gasteiger partial charge is 0.462 e. The van der Waals surface area contributed by atoms with Crippen LogP contribution in [0.15, 0.2) is 48.5 Å². The lowest BCUT2D eigenvalue weighted by Gasteiger charge is -2.16. The molecular weight excluding hydrogens is 375 g/mol. The first-order valence-electron chi connectivity index (χ1n) is 9.47. The van der Waals surface area contributed by atoms with E-state index in [2.05, 4.69) is 5.32 Å². The molecule has 0 aliphatic carbocycles. The first-order chi connectivity index (χ1) is 13.8. The molecule has 29 heavy (non-hydrogen) atoms. The normalized spacial score (nSPS) is 16.2. The van der Waals surface area contributed by atoms with Crippen molar-refractivity contribution in [2.24, 2.45) is 11.8 Å². The number of esters is 1. The van der Waals surface area contributed by atoms with Crippen molar-refractivity contribution in [1.82, 2.24) is 0 Å². The Morgan fingerprint density at radius 1 is 1.14 bits per heavy atom. The van der Waals surface area contributed by atoms with Crippen LogP contribution in [0.25, 0.3) is 0 Å². The summed E-state index contributed by atoms with van der Waals surface area (Å²) in [6, 6.07) is 12.0. The van der Waals surface area contributed by atoms with Gasteiger partial charge in [0.15, 0.2) is 0 Å². The maximum Gasteiger partial charge on any atom is 0.338 e. The maximum absolute atomic E-state index is 13.1. The summed E-state index contributed by atoms with van der Waals surface area (Å²) in [6.07, 6.45) is 0.0861. The molecule has 6 nitrogen and oxygen atoms in total. The molecule has 1 aliphatic rings. The van der Waals surface area contributed by atoms with Crippen LogP contribution in [0, 0.1) is 17.7 Å². The van der Waals surface area contributed by atoms with Gasteiger partial charge in [0.25, 0.3) is 0 Å². The van der Waals surface area contributed by atoms with E-state index in [9.17, 15) is 18.8 Å². The highest BCUT2D eigenvalue weighted by atomic mass is 19.1. The molecule has 0 saturated carbocycles. The summed E-state index contributed by atoms with van der Waals surface area (Å²) in [5.41, 5.74) is 1.50. The summed E-state index contributed by atoms with van der Waals surface area (Å²) < 4.78 is 18.3. The van der Waals surface area contributed by atoms with Gasteiger partial charge in [0, 0.05) is 24.3 Å². The number of nitrogens with one attached hydrogen (secondary N) is 1. The van der Waals surface area contributed by atoms with Gasteiger partial charge in [0.1, 0.15) is 5.82 Å². The molecule has 152 valence electrons. The number of rotatable bonds is 6.